The van der Waals surface area contributed by atoms with Crippen molar-refractivity contribution in [3.05, 3.63) is 77.7 Å². The van der Waals surface area contributed by atoms with Crippen LogP contribution in [0.3, 0.4) is 0 Å². The Morgan fingerprint density at radius 3 is 2.53 bits per heavy atom. The Morgan fingerprint density at radius 1 is 1.19 bits per heavy atom. The molecular formula is C24H28N3O4S. The molecular weight excluding hydrogens is 426 g/mol. The van der Waals surface area contributed by atoms with Crippen molar-refractivity contribution >= 4 is 29.5 Å². The van der Waals surface area contributed by atoms with E-state index >= 15 is 0 Å². The lowest BCUT2D eigenvalue weighted by Gasteiger charge is -2.31. The van der Waals surface area contributed by atoms with E-state index in [1.807, 2.05) is 44.2 Å². The van der Waals surface area contributed by atoms with Crippen LogP contribution in [-0.2, 0) is 22.6 Å². The number of hydrogen-bond acceptors (Lipinski definition) is 5. The molecule has 0 bridgehead atoms. The van der Waals surface area contributed by atoms with Gasteiger partial charge in [0.25, 0.3) is 5.91 Å². The summed E-state index contributed by atoms with van der Waals surface area (Å²) in [6.07, 6.45) is 0.681. The second kappa shape index (κ2) is 10.2. The van der Waals surface area contributed by atoms with E-state index in [2.05, 4.69) is 5.32 Å². The molecule has 0 aliphatic carbocycles. The minimum atomic E-state index is -1.31. The van der Waals surface area contributed by atoms with Crippen molar-refractivity contribution in [3.8, 4) is 0 Å². The summed E-state index contributed by atoms with van der Waals surface area (Å²) in [6.45, 7) is 3.90. The first-order chi connectivity index (χ1) is 15.2. The van der Waals surface area contributed by atoms with Crippen molar-refractivity contribution in [1.82, 2.24) is 10.2 Å². The van der Waals surface area contributed by atoms with Gasteiger partial charge in [-0.2, -0.15) is 0 Å². The van der Waals surface area contributed by atoms with Crippen LogP contribution in [0.5, 0.6) is 0 Å². The average Bonchev–Trinajstić information content (AvgIpc) is 3.11. The molecule has 1 radical (unpaired) electrons. The molecule has 0 saturated carbocycles. The Balaban J connectivity index is 1.67. The fourth-order valence-electron chi connectivity index (χ4n) is 3.74. The number of benzene rings is 2. The van der Waals surface area contributed by atoms with Crippen LogP contribution in [-0.4, -0.2) is 50.5 Å². The standard InChI is InChI=1S/C24H28N3O4S/c1-24(2)20(22(30)26-14-17-10-6-7-11-18(17)21(25)29)27(15-32-24)23(31)19(28)13-12-16-8-4-3-5-9-16/h3-11,13,19-20,28H,12,14-15H2,1-2H3,(H2,25,29)(H,26,30)/t19-,20?/m0/s1. The molecule has 3 rings (SSSR count). The maximum absolute atomic E-state index is 13.1. The molecule has 1 heterocycles. The summed E-state index contributed by atoms with van der Waals surface area (Å²) in [7, 11) is 0. The van der Waals surface area contributed by atoms with Crippen LogP contribution in [0, 0.1) is 6.42 Å². The number of nitrogens with two attached hydrogens (primary N) is 1. The first-order valence-electron chi connectivity index (χ1n) is 10.4. The summed E-state index contributed by atoms with van der Waals surface area (Å²) >= 11 is 1.48. The van der Waals surface area contributed by atoms with Gasteiger partial charge in [0.15, 0.2) is 0 Å². The summed E-state index contributed by atoms with van der Waals surface area (Å²) < 4.78 is -0.540. The normalized spacial score (nSPS) is 18.2. The highest BCUT2D eigenvalue weighted by Crippen LogP contribution is 2.39. The molecule has 0 aromatic heterocycles. The maximum Gasteiger partial charge on any atom is 0.253 e. The summed E-state index contributed by atoms with van der Waals surface area (Å²) in [6, 6.07) is 15.6. The number of rotatable bonds is 8. The summed E-state index contributed by atoms with van der Waals surface area (Å²) in [4.78, 5) is 39.1. The van der Waals surface area contributed by atoms with E-state index in [4.69, 9.17) is 5.73 Å². The number of amides is 3. The number of hydrogen-bond donors (Lipinski definition) is 3. The van der Waals surface area contributed by atoms with E-state index in [0.717, 1.165) is 5.56 Å². The van der Waals surface area contributed by atoms with Crippen molar-refractivity contribution in [2.45, 2.75) is 43.7 Å². The monoisotopic (exact) mass is 454 g/mol. The Labute approximate surface area is 192 Å². The molecule has 8 heteroatoms. The number of nitrogens with one attached hydrogen (secondary N) is 1. The van der Waals surface area contributed by atoms with Gasteiger partial charge in [0.1, 0.15) is 12.1 Å². The maximum atomic E-state index is 13.1. The van der Waals surface area contributed by atoms with Gasteiger partial charge in [-0.15, -0.1) is 11.8 Å². The SMILES string of the molecule is CC1(C)SCN(C(=O)[C@@H](O)[CH]Cc2ccccc2)C1C(=O)NCc1ccccc1C(N)=O. The van der Waals surface area contributed by atoms with E-state index < -0.39 is 28.7 Å². The van der Waals surface area contributed by atoms with Gasteiger partial charge in [0.05, 0.1) is 5.88 Å². The van der Waals surface area contributed by atoms with Crippen LogP contribution >= 0.6 is 11.8 Å². The van der Waals surface area contributed by atoms with Gasteiger partial charge in [-0.05, 0) is 37.5 Å². The lowest BCUT2D eigenvalue weighted by molar-refractivity contribution is -0.144. The lowest BCUT2D eigenvalue weighted by atomic mass is 9.99. The van der Waals surface area contributed by atoms with Crippen molar-refractivity contribution < 1.29 is 19.5 Å². The molecule has 1 unspecified atom stereocenters. The molecule has 1 aliphatic heterocycles. The predicted molar refractivity (Wildman–Crippen MR) is 124 cm³/mol. The zero-order chi connectivity index (χ0) is 23.3. The molecule has 2 atom stereocenters. The van der Waals surface area contributed by atoms with Crippen molar-refractivity contribution in [2.24, 2.45) is 5.73 Å². The molecule has 2 aromatic rings. The first-order valence-corrected chi connectivity index (χ1v) is 11.3. The second-order valence-electron chi connectivity index (χ2n) is 8.20. The van der Waals surface area contributed by atoms with E-state index in [1.54, 1.807) is 30.7 Å². The second-order valence-corrected chi connectivity index (χ2v) is 9.80. The average molecular weight is 455 g/mol. The number of primary amides is 1. The topological polar surface area (TPSA) is 113 Å². The lowest BCUT2D eigenvalue weighted by Crippen LogP contribution is -2.55. The highest BCUT2D eigenvalue weighted by molar-refractivity contribution is 8.00. The van der Waals surface area contributed by atoms with E-state index in [0.29, 0.717) is 23.4 Å². The fraction of sp³-hybridized carbons (Fsp3) is 0.333. The van der Waals surface area contributed by atoms with Gasteiger partial charge >= 0.3 is 0 Å². The third-order valence-corrected chi connectivity index (χ3v) is 6.86. The highest BCUT2D eigenvalue weighted by atomic mass is 32.2. The van der Waals surface area contributed by atoms with Gasteiger partial charge in [0, 0.05) is 23.3 Å². The van der Waals surface area contributed by atoms with Crippen molar-refractivity contribution in [1.29, 1.82) is 0 Å². The third kappa shape index (κ3) is 5.49. The summed E-state index contributed by atoms with van der Waals surface area (Å²) in [5, 5.41) is 13.3. The van der Waals surface area contributed by atoms with Gasteiger partial charge in [-0.25, -0.2) is 0 Å². The Hall–Kier alpha value is -2.84. The number of aliphatic hydroxyl groups excluding tert-OH is 1. The van der Waals surface area contributed by atoms with Crippen LogP contribution in [0.2, 0.25) is 0 Å². The van der Waals surface area contributed by atoms with E-state index in [-0.39, 0.29) is 12.5 Å². The molecule has 0 spiro atoms. The zero-order valence-electron chi connectivity index (χ0n) is 18.2. The molecule has 7 nitrogen and oxygen atoms in total. The minimum Gasteiger partial charge on any atom is -0.383 e. The summed E-state index contributed by atoms with van der Waals surface area (Å²) in [5.74, 6) is -1.11. The first kappa shape index (κ1) is 23.8. The van der Waals surface area contributed by atoms with Crippen LogP contribution in [0.4, 0.5) is 0 Å². The van der Waals surface area contributed by atoms with Crippen LogP contribution < -0.4 is 11.1 Å². The Kier molecular flexibility index (Phi) is 7.58. The molecule has 32 heavy (non-hydrogen) atoms. The Bertz CT molecular complexity index is 980. The number of carbonyl (C=O) groups excluding carboxylic acids is 3. The van der Waals surface area contributed by atoms with Crippen LogP contribution in [0.15, 0.2) is 54.6 Å². The number of nitrogens with zero attached hydrogens (tertiary/aromatic N) is 1. The van der Waals surface area contributed by atoms with E-state index in [9.17, 15) is 19.5 Å². The van der Waals surface area contributed by atoms with Crippen LogP contribution in [0.1, 0.15) is 35.3 Å². The zero-order valence-corrected chi connectivity index (χ0v) is 19.0. The minimum absolute atomic E-state index is 0.111. The van der Waals surface area contributed by atoms with Gasteiger partial charge in [-0.3, -0.25) is 14.4 Å². The van der Waals surface area contributed by atoms with Gasteiger partial charge in [-0.1, -0.05) is 48.5 Å². The number of aliphatic hydroxyl groups is 1. The smallest absolute Gasteiger partial charge is 0.253 e. The van der Waals surface area contributed by atoms with E-state index in [1.165, 1.54) is 16.7 Å². The van der Waals surface area contributed by atoms with Crippen molar-refractivity contribution in [2.75, 3.05) is 5.88 Å². The third-order valence-electron chi connectivity index (χ3n) is 5.49. The molecule has 1 fully saturated rings. The molecule has 2 aromatic carbocycles. The largest absolute Gasteiger partial charge is 0.383 e. The molecule has 1 saturated heterocycles. The quantitative estimate of drug-likeness (QED) is 0.564. The van der Waals surface area contributed by atoms with Crippen LogP contribution in [0.25, 0.3) is 0 Å². The van der Waals surface area contributed by atoms with Gasteiger partial charge in [0.2, 0.25) is 11.8 Å². The number of thioether (sulfide) groups is 1. The van der Waals surface area contributed by atoms with Gasteiger partial charge < -0.3 is 21.1 Å². The summed E-state index contributed by atoms with van der Waals surface area (Å²) in [5.41, 5.74) is 7.34. The van der Waals surface area contributed by atoms with Crippen molar-refractivity contribution in [3.63, 3.8) is 0 Å². The molecule has 169 valence electrons. The molecule has 1 aliphatic rings. The molecule has 3 amide bonds. The highest BCUT2D eigenvalue weighted by Gasteiger charge is 2.48. The predicted octanol–water partition coefficient (Wildman–Crippen LogP) is 1.89. The Morgan fingerprint density at radius 2 is 1.84 bits per heavy atom. The molecule has 4 N–H and O–H groups in total. The fourth-order valence-corrected chi connectivity index (χ4v) is 4.88. The number of carbonyl (C=O) groups is 3.